The molecule has 0 aliphatic carbocycles. The van der Waals surface area contributed by atoms with E-state index in [1.54, 1.807) is 6.92 Å². The number of benzene rings is 1. The summed E-state index contributed by atoms with van der Waals surface area (Å²) in [4.78, 5) is 28.6. The third-order valence-corrected chi connectivity index (χ3v) is 5.02. The molecule has 0 saturated carbocycles. The number of amides is 1. The highest BCUT2D eigenvalue weighted by molar-refractivity contribution is 7.91. The Bertz CT molecular complexity index is 945. The molecule has 2 N–H and O–H groups in total. The number of aromatic nitrogens is 2. The van der Waals surface area contributed by atoms with Crippen LogP contribution in [0.4, 0.5) is 5.69 Å². The Morgan fingerprint density at radius 3 is 2.58 bits per heavy atom. The summed E-state index contributed by atoms with van der Waals surface area (Å²) in [5.41, 5.74) is 4.37. The number of nitro groups is 1. The molecule has 0 aliphatic rings. The highest BCUT2D eigenvalue weighted by Gasteiger charge is 2.27. The van der Waals surface area contributed by atoms with Gasteiger partial charge >= 0.3 is 0 Å². The molecule has 0 aliphatic heterocycles. The number of sulfone groups is 1. The molecule has 1 amide bonds. The fourth-order valence-electron chi connectivity index (χ4n) is 1.91. The van der Waals surface area contributed by atoms with Gasteiger partial charge in [-0.2, -0.15) is 0 Å². The van der Waals surface area contributed by atoms with Gasteiger partial charge in [-0.3, -0.25) is 14.9 Å². The summed E-state index contributed by atoms with van der Waals surface area (Å²) in [6.07, 6.45) is 0.133. The van der Waals surface area contributed by atoms with Crippen molar-refractivity contribution in [2.24, 2.45) is 5.73 Å². The molecule has 1 aromatic heterocycles. The van der Waals surface area contributed by atoms with Crippen LogP contribution in [0.2, 0.25) is 5.15 Å². The summed E-state index contributed by atoms with van der Waals surface area (Å²) in [7, 11) is -4.22. The van der Waals surface area contributed by atoms with Gasteiger partial charge in [0.15, 0.2) is 15.9 Å². The van der Waals surface area contributed by atoms with Crippen molar-refractivity contribution in [1.82, 2.24) is 9.97 Å². The van der Waals surface area contributed by atoms with Gasteiger partial charge in [-0.15, -0.1) is 0 Å². The molecule has 11 heteroatoms. The minimum atomic E-state index is -4.22. The van der Waals surface area contributed by atoms with E-state index in [1.807, 2.05) is 0 Å². The predicted octanol–water partition coefficient (Wildman–Crippen LogP) is 1.53. The van der Waals surface area contributed by atoms with Crippen molar-refractivity contribution in [1.29, 1.82) is 0 Å². The SMILES string of the molecule is CCc1nc(C(N)=O)c(Cl)nc1S(=O)(=O)c1cccc([N+](=O)[O-])c1. The molecule has 0 bridgehead atoms. The summed E-state index contributed by atoms with van der Waals surface area (Å²) in [5.74, 6) is -0.943. The largest absolute Gasteiger partial charge is 0.364 e. The fourth-order valence-corrected chi connectivity index (χ4v) is 3.65. The van der Waals surface area contributed by atoms with Gasteiger partial charge in [-0.25, -0.2) is 18.4 Å². The molecule has 1 heterocycles. The minimum absolute atomic E-state index is 0.0142. The van der Waals surface area contributed by atoms with E-state index in [9.17, 15) is 23.3 Å². The molecule has 0 saturated heterocycles. The number of carbonyl (C=O) groups excluding carboxylic acids is 1. The number of halogens is 1. The maximum Gasteiger partial charge on any atom is 0.270 e. The van der Waals surface area contributed by atoms with Gasteiger partial charge < -0.3 is 5.73 Å². The third-order valence-electron chi connectivity index (χ3n) is 3.05. The first-order valence-corrected chi connectivity index (χ1v) is 8.40. The topological polar surface area (TPSA) is 146 Å². The van der Waals surface area contributed by atoms with Gasteiger partial charge in [0.25, 0.3) is 11.6 Å². The maximum atomic E-state index is 12.7. The van der Waals surface area contributed by atoms with Gasteiger partial charge in [-0.1, -0.05) is 24.6 Å². The Balaban J connectivity index is 2.70. The van der Waals surface area contributed by atoms with Crippen LogP contribution in [0.5, 0.6) is 0 Å². The third kappa shape index (κ3) is 3.19. The first-order valence-electron chi connectivity index (χ1n) is 6.54. The fraction of sp³-hybridized carbons (Fsp3) is 0.154. The number of hydrogen-bond acceptors (Lipinski definition) is 7. The van der Waals surface area contributed by atoms with Gasteiger partial charge in [0.2, 0.25) is 9.84 Å². The quantitative estimate of drug-likeness (QED) is 0.620. The van der Waals surface area contributed by atoms with Crippen molar-refractivity contribution in [3.8, 4) is 0 Å². The van der Waals surface area contributed by atoms with E-state index in [1.165, 1.54) is 12.1 Å². The van der Waals surface area contributed by atoms with Crippen LogP contribution in [-0.2, 0) is 16.3 Å². The summed E-state index contributed by atoms with van der Waals surface area (Å²) in [6, 6.07) is 4.50. The molecule has 0 radical (unpaired) electrons. The van der Waals surface area contributed by atoms with Gasteiger partial charge in [-0.05, 0) is 12.5 Å². The van der Waals surface area contributed by atoms with E-state index in [2.05, 4.69) is 9.97 Å². The van der Waals surface area contributed by atoms with Crippen LogP contribution in [0.25, 0.3) is 0 Å². The number of rotatable bonds is 5. The molecule has 0 unspecified atom stereocenters. The van der Waals surface area contributed by atoms with Gasteiger partial charge in [0.1, 0.15) is 0 Å². The molecule has 2 aromatic rings. The lowest BCUT2D eigenvalue weighted by Gasteiger charge is -2.10. The Morgan fingerprint density at radius 2 is 2.04 bits per heavy atom. The number of nitro benzene ring substituents is 1. The van der Waals surface area contributed by atoms with Crippen LogP contribution < -0.4 is 5.73 Å². The lowest BCUT2D eigenvalue weighted by atomic mass is 10.3. The molecule has 0 fully saturated rings. The zero-order valence-electron chi connectivity index (χ0n) is 12.3. The van der Waals surface area contributed by atoms with Crippen LogP contribution in [0.3, 0.4) is 0 Å². The Kier molecular flexibility index (Phi) is 4.81. The minimum Gasteiger partial charge on any atom is -0.364 e. The molecule has 9 nitrogen and oxygen atoms in total. The van der Waals surface area contributed by atoms with E-state index < -0.39 is 30.8 Å². The Labute approximate surface area is 141 Å². The lowest BCUT2D eigenvalue weighted by Crippen LogP contribution is -2.19. The number of carbonyl (C=O) groups is 1. The van der Waals surface area contributed by atoms with E-state index >= 15 is 0 Å². The monoisotopic (exact) mass is 370 g/mol. The van der Waals surface area contributed by atoms with Crippen LogP contribution in [0.15, 0.2) is 34.2 Å². The highest BCUT2D eigenvalue weighted by atomic mass is 35.5. The van der Waals surface area contributed by atoms with Crippen molar-refractivity contribution in [3.63, 3.8) is 0 Å². The number of primary amides is 1. The molecule has 24 heavy (non-hydrogen) atoms. The number of non-ortho nitro benzene ring substituents is 1. The van der Waals surface area contributed by atoms with Crippen LogP contribution >= 0.6 is 11.6 Å². The first kappa shape index (κ1) is 17.8. The smallest absolute Gasteiger partial charge is 0.270 e. The standard InChI is InChI=1S/C13H11ClN4O5S/c1-2-9-13(17-11(14)10(16-9)12(15)19)24(22,23)8-5-3-4-7(6-8)18(20)21/h3-6H,2H2,1H3,(H2,15,19). The summed E-state index contributed by atoms with van der Waals surface area (Å²) in [6.45, 7) is 1.61. The molecular formula is C13H11ClN4O5S. The van der Waals surface area contributed by atoms with Crippen molar-refractivity contribution in [2.75, 3.05) is 0 Å². The average molecular weight is 371 g/mol. The summed E-state index contributed by atoms with van der Waals surface area (Å²) in [5, 5.41) is 9.90. The molecular weight excluding hydrogens is 360 g/mol. The van der Waals surface area contributed by atoms with Crippen molar-refractivity contribution in [2.45, 2.75) is 23.3 Å². The second kappa shape index (κ2) is 6.49. The lowest BCUT2D eigenvalue weighted by molar-refractivity contribution is -0.385. The predicted molar refractivity (Wildman–Crippen MR) is 83.5 cm³/mol. The first-order chi connectivity index (χ1) is 11.2. The van der Waals surface area contributed by atoms with Crippen molar-refractivity contribution in [3.05, 3.63) is 50.9 Å². The highest BCUT2D eigenvalue weighted by Crippen LogP contribution is 2.27. The van der Waals surface area contributed by atoms with Gasteiger partial charge in [0, 0.05) is 12.1 Å². The zero-order valence-corrected chi connectivity index (χ0v) is 13.8. The average Bonchev–Trinajstić information content (AvgIpc) is 2.54. The Hall–Kier alpha value is -2.59. The van der Waals surface area contributed by atoms with Crippen molar-refractivity contribution < 1.29 is 18.1 Å². The Morgan fingerprint density at radius 1 is 1.38 bits per heavy atom. The zero-order chi connectivity index (χ0) is 18.1. The second-order valence-corrected chi connectivity index (χ2v) is 6.81. The van der Waals surface area contributed by atoms with E-state index in [-0.39, 0.29) is 28.4 Å². The summed E-state index contributed by atoms with van der Waals surface area (Å²) >= 11 is 5.78. The normalized spacial score (nSPS) is 11.2. The van der Waals surface area contributed by atoms with Crippen LogP contribution in [0, 0.1) is 10.1 Å². The van der Waals surface area contributed by atoms with Crippen LogP contribution in [-0.4, -0.2) is 29.2 Å². The summed E-state index contributed by atoms with van der Waals surface area (Å²) < 4.78 is 25.4. The van der Waals surface area contributed by atoms with E-state index in [0.29, 0.717) is 0 Å². The van der Waals surface area contributed by atoms with E-state index in [4.69, 9.17) is 17.3 Å². The number of nitrogens with two attached hydrogens (primary N) is 1. The van der Waals surface area contributed by atoms with Crippen molar-refractivity contribution >= 4 is 33.0 Å². The molecule has 2 rings (SSSR count). The molecule has 0 atom stereocenters. The molecule has 0 spiro atoms. The maximum absolute atomic E-state index is 12.7. The molecule has 1 aromatic carbocycles. The number of aryl methyl sites for hydroxylation is 1. The molecule has 126 valence electrons. The van der Waals surface area contributed by atoms with Crippen LogP contribution in [0.1, 0.15) is 23.1 Å². The van der Waals surface area contributed by atoms with E-state index in [0.717, 1.165) is 12.1 Å². The van der Waals surface area contributed by atoms with Gasteiger partial charge in [0.05, 0.1) is 15.5 Å². The number of nitrogens with zero attached hydrogens (tertiary/aromatic N) is 3. The second-order valence-electron chi connectivity index (χ2n) is 4.59. The number of hydrogen-bond donors (Lipinski definition) is 1.